The Kier molecular flexibility index (Phi) is 4.61. The lowest BCUT2D eigenvalue weighted by Crippen LogP contribution is -2.14. The highest BCUT2D eigenvalue weighted by Gasteiger charge is 2.41. The van der Waals surface area contributed by atoms with Crippen molar-refractivity contribution in [3.05, 3.63) is 59.4 Å². The average molecular weight is 400 g/mol. The van der Waals surface area contributed by atoms with Gasteiger partial charge in [-0.15, -0.1) is 0 Å². The summed E-state index contributed by atoms with van der Waals surface area (Å²) in [6.45, 7) is 0. The van der Waals surface area contributed by atoms with Crippen LogP contribution in [0.3, 0.4) is 0 Å². The minimum absolute atomic E-state index is 0.103. The molecule has 28 heavy (non-hydrogen) atoms. The molecule has 0 fully saturated rings. The zero-order chi connectivity index (χ0) is 20.7. The van der Waals surface area contributed by atoms with Crippen LogP contribution in [0, 0.1) is 0 Å². The smallest absolute Gasteiger partial charge is 0.363 e. The molecule has 1 amide bonds. The number of primary amides is 1. The molecular formula is C17H10F6N4O. The van der Waals surface area contributed by atoms with Crippen LogP contribution in [-0.4, -0.2) is 21.1 Å². The van der Waals surface area contributed by atoms with E-state index in [0.717, 1.165) is 12.1 Å². The Labute approximate surface area is 153 Å². The van der Waals surface area contributed by atoms with Crippen LogP contribution in [0.1, 0.15) is 21.7 Å². The molecule has 146 valence electrons. The molecule has 2 aromatic carbocycles. The summed E-state index contributed by atoms with van der Waals surface area (Å²) in [5.74, 6) is -1.32. The van der Waals surface area contributed by atoms with Gasteiger partial charge in [0.05, 0.1) is 11.1 Å². The molecule has 0 saturated heterocycles. The lowest BCUT2D eigenvalue weighted by atomic mass is 9.92. The molecule has 3 aromatic rings. The van der Waals surface area contributed by atoms with Gasteiger partial charge in [0.25, 0.3) is 5.91 Å². The molecule has 0 unspecified atom stereocenters. The third-order valence-corrected chi connectivity index (χ3v) is 3.80. The highest BCUT2D eigenvalue weighted by Crippen LogP contribution is 2.44. The van der Waals surface area contributed by atoms with Crippen molar-refractivity contribution in [1.82, 2.24) is 15.2 Å². The first-order valence-corrected chi connectivity index (χ1v) is 7.59. The van der Waals surface area contributed by atoms with Gasteiger partial charge in [-0.05, 0) is 23.8 Å². The van der Waals surface area contributed by atoms with E-state index in [2.05, 4.69) is 15.2 Å². The largest absolute Gasteiger partial charge is 0.417 e. The van der Waals surface area contributed by atoms with Crippen molar-refractivity contribution in [3.8, 4) is 22.5 Å². The third kappa shape index (κ3) is 3.68. The number of alkyl halides is 6. The van der Waals surface area contributed by atoms with Crippen LogP contribution in [0.4, 0.5) is 26.3 Å². The molecule has 0 aliphatic carbocycles. The van der Waals surface area contributed by atoms with E-state index in [0.29, 0.717) is 18.2 Å². The van der Waals surface area contributed by atoms with Crippen LogP contribution in [0.25, 0.3) is 22.5 Å². The number of amides is 1. The van der Waals surface area contributed by atoms with E-state index in [1.165, 1.54) is 12.1 Å². The van der Waals surface area contributed by atoms with Gasteiger partial charge in [0, 0.05) is 11.1 Å². The second-order valence-electron chi connectivity index (χ2n) is 5.68. The standard InChI is InChI=1S/C17H10F6N4O/c18-16(19,20)10-5-2-6-11(17(21,22)23)12(10)8-3-1-4-9(7-8)14-25-15(13(24)28)27-26-14/h1-7H,(H2,24,28)(H,25,26,27). The number of nitrogens with zero attached hydrogens (tertiary/aromatic N) is 2. The second kappa shape index (κ2) is 6.66. The molecule has 11 heteroatoms. The fourth-order valence-electron chi connectivity index (χ4n) is 2.65. The van der Waals surface area contributed by atoms with Gasteiger partial charge in [0.1, 0.15) is 0 Å². The number of halogens is 6. The minimum atomic E-state index is -5.00. The Morgan fingerprint density at radius 2 is 1.43 bits per heavy atom. The molecule has 0 aliphatic heterocycles. The first kappa shape index (κ1) is 19.4. The number of nitrogens with one attached hydrogen (secondary N) is 1. The van der Waals surface area contributed by atoms with Crippen molar-refractivity contribution in [3.63, 3.8) is 0 Å². The minimum Gasteiger partial charge on any atom is -0.363 e. The monoisotopic (exact) mass is 400 g/mol. The SMILES string of the molecule is NC(=O)c1nc(-c2cccc(-c3c(C(F)(F)F)cccc3C(F)(F)F)c2)n[nH]1. The van der Waals surface area contributed by atoms with Gasteiger partial charge in [-0.1, -0.05) is 24.3 Å². The number of carbonyl (C=O) groups excluding carboxylic acids is 1. The van der Waals surface area contributed by atoms with Crippen LogP contribution in [0.15, 0.2) is 42.5 Å². The quantitative estimate of drug-likeness (QED) is 0.644. The first-order valence-electron chi connectivity index (χ1n) is 7.59. The predicted molar refractivity (Wildman–Crippen MR) is 85.8 cm³/mol. The number of rotatable bonds is 3. The first-order chi connectivity index (χ1) is 13.0. The lowest BCUT2D eigenvalue weighted by Gasteiger charge is -2.19. The molecule has 1 heterocycles. The zero-order valence-electron chi connectivity index (χ0n) is 13.7. The van der Waals surface area contributed by atoms with E-state index in [1.54, 1.807) is 0 Å². The fourth-order valence-corrected chi connectivity index (χ4v) is 2.65. The molecule has 0 radical (unpaired) electrons. The Balaban J connectivity index is 2.22. The van der Waals surface area contributed by atoms with Crippen molar-refractivity contribution in [2.24, 2.45) is 5.73 Å². The normalized spacial score (nSPS) is 12.2. The number of aromatic amines is 1. The molecule has 3 rings (SSSR count). The van der Waals surface area contributed by atoms with Crippen LogP contribution in [-0.2, 0) is 12.4 Å². The highest BCUT2D eigenvalue weighted by atomic mass is 19.4. The number of nitrogens with two attached hydrogens (primary N) is 1. The number of carbonyl (C=O) groups is 1. The summed E-state index contributed by atoms with van der Waals surface area (Å²) in [5.41, 5.74) is 0.959. The van der Waals surface area contributed by atoms with Gasteiger partial charge >= 0.3 is 12.4 Å². The number of hydrogen-bond donors (Lipinski definition) is 2. The van der Waals surface area contributed by atoms with Crippen molar-refractivity contribution in [2.75, 3.05) is 0 Å². The summed E-state index contributed by atoms with van der Waals surface area (Å²) in [6.07, 6.45) is -10.0. The maximum absolute atomic E-state index is 13.4. The summed E-state index contributed by atoms with van der Waals surface area (Å²) in [5, 5.41) is 5.94. The van der Waals surface area contributed by atoms with E-state index in [-0.39, 0.29) is 22.8 Å². The Morgan fingerprint density at radius 3 is 1.93 bits per heavy atom. The van der Waals surface area contributed by atoms with Crippen LogP contribution in [0.5, 0.6) is 0 Å². The van der Waals surface area contributed by atoms with Crippen molar-refractivity contribution in [2.45, 2.75) is 12.4 Å². The molecule has 0 saturated carbocycles. The van der Waals surface area contributed by atoms with E-state index < -0.39 is 35.0 Å². The topological polar surface area (TPSA) is 84.7 Å². The zero-order valence-corrected chi connectivity index (χ0v) is 13.7. The summed E-state index contributed by atoms with van der Waals surface area (Å²) in [7, 11) is 0. The molecule has 1 aromatic heterocycles. The van der Waals surface area contributed by atoms with Crippen molar-refractivity contribution >= 4 is 5.91 Å². The summed E-state index contributed by atoms with van der Waals surface area (Å²) in [6, 6.07) is 6.69. The Hall–Kier alpha value is -3.37. The fraction of sp³-hybridized carbons (Fsp3) is 0.118. The van der Waals surface area contributed by atoms with Gasteiger partial charge in [-0.25, -0.2) is 4.98 Å². The summed E-state index contributed by atoms with van der Waals surface area (Å²) in [4.78, 5) is 14.9. The van der Waals surface area contributed by atoms with Gasteiger partial charge in [-0.3, -0.25) is 9.89 Å². The third-order valence-electron chi connectivity index (χ3n) is 3.80. The van der Waals surface area contributed by atoms with E-state index in [1.807, 2.05) is 0 Å². The predicted octanol–water partition coefficient (Wildman–Crippen LogP) is 4.28. The average Bonchev–Trinajstić information content (AvgIpc) is 3.10. The van der Waals surface area contributed by atoms with Gasteiger partial charge in [0.2, 0.25) is 5.82 Å². The van der Waals surface area contributed by atoms with Crippen LogP contribution < -0.4 is 5.73 Å². The molecule has 5 nitrogen and oxygen atoms in total. The molecule has 3 N–H and O–H groups in total. The maximum Gasteiger partial charge on any atom is 0.417 e. The summed E-state index contributed by atoms with van der Waals surface area (Å²) >= 11 is 0. The molecule has 0 atom stereocenters. The maximum atomic E-state index is 13.4. The second-order valence-corrected chi connectivity index (χ2v) is 5.68. The van der Waals surface area contributed by atoms with E-state index in [9.17, 15) is 31.1 Å². The van der Waals surface area contributed by atoms with Gasteiger partial charge in [0.15, 0.2) is 5.82 Å². The molecule has 0 spiro atoms. The van der Waals surface area contributed by atoms with Gasteiger partial charge in [-0.2, -0.15) is 31.4 Å². The molecule has 0 aliphatic rings. The lowest BCUT2D eigenvalue weighted by molar-refractivity contribution is -0.142. The van der Waals surface area contributed by atoms with E-state index >= 15 is 0 Å². The summed E-state index contributed by atoms with van der Waals surface area (Å²) < 4.78 is 80.2. The number of hydrogen-bond acceptors (Lipinski definition) is 3. The van der Waals surface area contributed by atoms with Crippen LogP contribution >= 0.6 is 0 Å². The van der Waals surface area contributed by atoms with Gasteiger partial charge < -0.3 is 5.73 Å². The molecular weight excluding hydrogens is 390 g/mol. The Bertz CT molecular complexity index is 1010. The highest BCUT2D eigenvalue weighted by molar-refractivity contribution is 5.89. The van der Waals surface area contributed by atoms with Crippen LogP contribution in [0.2, 0.25) is 0 Å². The van der Waals surface area contributed by atoms with Crippen molar-refractivity contribution < 1.29 is 31.1 Å². The van der Waals surface area contributed by atoms with Crippen molar-refractivity contribution in [1.29, 1.82) is 0 Å². The molecule has 0 bridgehead atoms. The van der Waals surface area contributed by atoms with E-state index in [4.69, 9.17) is 5.73 Å². The number of benzene rings is 2. The Morgan fingerprint density at radius 1 is 0.893 bits per heavy atom. The number of H-pyrrole nitrogens is 1. The number of aromatic nitrogens is 3.